The Labute approximate surface area is 133 Å². The summed E-state index contributed by atoms with van der Waals surface area (Å²) in [6, 6.07) is 18.0. The fourth-order valence-electron chi connectivity index (χ4n) is 1.24. The predicted octanol–water partition coefficient (Wildman–Crippen LogP) is 0.342. The van der Waals surface area contributed by atoms with Crippen LogP contribution >= 0.6 is 11.6 Å². The van der Waals surface area contributed by atoms with E-state index in [0.717, 1.165) is 11.3 Å². The molecule has 4 heteroatoms. The van der Waals surface area contributed by atoms with Crippen molar-refractivity contribution < 1.29 is 21.7 Å². The molecule has 0 radical (unpaired) electrons. The molecule has 0 unspecified atom stereocenters. The van der Waals surface area contributed by atoms with Gasteiger partial charge in [0.05, 0.1) is 6.61 Å². The Morgan fingerprint density at radius 2 is 1.82 bits per heavy atom. The first-order valence-corrected chi connectivity index (χ1v) is 5.06. The molecule has 2 aromatic rings. The molecule has 0 amide bonds. The summed E-state index contributed by atoms with van der Waals surface area (Å²) in [4.78, 5) is 0. The van der Waals surface area contributed by atoms with E-state index in [4.69, 9.17) is 16.3 Å². The monoisotopic (exact) mass is 320 g/mol. The number of hydrogen-bond acceptors (Lipinski definition) is 1. The summed E-state index contributed by atoms with van der Waals surface area (Å²) in [5, 5.41) is 0.689. The van der Waals surface area contributed by atoms with E-state index < -0.39 is 0 Å². The van der Waals surface area contributed by atoms with E-state index in [2.05, 4.69) is 6.07 Å². The molecule has 0 saturated carbocycles. The molecule has 0 aliphatic carbocycles. The Morgan fingerprint density at radius 3 is 2.47 bits per heavy atom. The first kappa shape index (κ1) is 16.8. The van der Waals surface area contributed by atoms with E-state index in [1.807, 2.05) is 42.5 Å². The molecule has 0 atom stereocenters. The first-order valence-electron chi connectivity index (χ1n) is 4.68. The van der Waals surface area contributed by atoms with Crippen molar-refractivity contribution in [1.29, 1.82) is 0 Å². The van der Waals surface area contributed by atoms with Crippen LogP contribution in [0.3, 0.4) is 0 Å². The first-order chi connectivity index (χ1) is 7.34. The van der Waals surface area contributed by atoms with Crippen molar-refractivity contribution in [1.82, 2.24) is 0 Å². The molecule has 84 valence electrons. The minimum atomic E-state index is 0. The third-order valence-corrected chi connectivity index (χ3v) is 2.22. The molecule has 0 aromatic heterocycles. The molecule has 2 aromatic carbocycles. The molecular formula is C13H10BrClMgO. The minimum Gasteiger partial charge on any atom is -1.00 e. The molecule has 0 N–H and O–H groups in total. The quantitative estimate of drug-likeness (QED) is 0.585. The van der Waals surface area contributed by atoms with Crippen molar-refractivity contribution in [3.05, 3.63) is 65.2 Å². The molecule has 2 rings (SSSR count). The number of benzene rings is 2. The van der Waals surface area contributed by atoms with Gasteiger partial charge in [-0.3, -0.25) is 0 Å². The fourth-order valence-corrected chi connectivity index (χ4v) is 1.42. The van der Waals surface area contributed by atoms with E-state index in [9.17, 15) is 0 Å². The Bertz CT molecular complexity index is 436. The van der Waals surface area contributed by atoms with Crippen LogP contribution in [0.1, 0.15) is 5.56 Å². The zero-order valence-electron chi connectivity index (χ0n) is 9.20. The summed E-state index contributed by atoms with van der Waals surface area (Å²) in [5.41, 5.74) is 1.12. The summed E-state index contributed by atoms with van der Waals surface area (Å²) in [6.45, 7) is 0.551. The molecule has 17 heavy (non-hydrogen) atoms. The SMILES string of the molecule is Clc1cccc(OCc2cc[c-]cc2)c1.[Br-].[Mg+2]. The Kier molecular flexibility index (Phi) is 8.69. The molecular weight excluding hydrogens is 312 g/mol. The van der Waals surface area contributed by atoms with Crippen LogP contribution in [-0.2, 0) is 6.61 Å². The molecule has 0 spiro atoms. The summed E-state index contributed by atoms with van der Waals surface area (Å²) >= 11 is 5.84. The Morgan fingerprint density at radius 1 is 1.12 bits per heavy atom. The van der Waals surface area contributed by atoms with Gasteiger partial charge in [0, 0.05) is 5.02 Å². The summed E-state index contributed by atoms with van der Waals surface area (Å²) in [6.07, 6.45) is 0. The van der Waals surface area contributed by atoms with Gasteiger partial charge in [0.15, 0.2) is 0 Å². The van der Waals surface area contributed by atoms with E-state index in [0.29, 0.717) is 11.6 Å². The van der Waals surface area contributed by atoms with Gasteiger partial charge in [-0.2, -0.15) is 30.3 Å². The minimum absolute atomic E-state index is 0. The second-order valence-electron chi connectivity index (χ2n) is 3.15. The van der Waals surface area contributed by atoms with E-state index in [-0.39, 0.29) is 40.0 Å². The van der Waals surface area contributed by atoms with Crippen molar-refractivity contribution in [2.45, 2.75) is 6.61 Å². The van der Waals surface area contributed by atoms with Crippen LogP contribution in [-0.4, -0.2) is 23.1 Å². The normalized spacial score (nSPS) is 8.76. The van der Waals surface area contributed by atoms with Gasteiger partial charge in [0.25, 0.3) is 0 Å². The molecule has 0 aliphatic heterocycles. The third-order valence-electron chi connectivity index (χ3n) is 1.99. The number of halogens is 2. The fraction of sp³-hybridized carbons (Fsp3) is 0.0769. The summed E-state index contributed by atoms with van der Waals surface area (Å²) < 4.78 is 5.57. The molecule has 0 heterocycles. The molecule has 0 saturated heterocycles. The van der Waals surface area contributed by atoms with E-state index >= 15 is 0 Å². The van der Waals surface area contributed by atoms with Crippen LogP contribution < -0.4 is 21.7 Å². The topological polar surface area (TPSA) is 9.23 Å². The third kappa shape index (κ3) is 5.77. The van der Waals surface area contributed by atoms with Crippen molar-refractivity contribution in [3.8, 4) is 5.75 Å². The zero-order valence-corrected chi connectivity index (χ0v) is 13.0. The molecule has 1 nitrogen and oxygen atoms in total. The van der Waals surface area contributed by atoms with Gasteiger partial charge >= 0.3 is 23.1 Å². The van der Waals surface area contributed by atoms with Gasteiger partial charge in [-0.25, -0.2) is 0 Å². The second-order valence-corrected chi connectivity index (χ2v) is 3.59. The largest absolute Gasteiger partial charge is 2.00 e. The summed E-state index contributed by atoms with van der Waals surface area (Å²) in [5.74, 6) is 0.787. The number of ether oxygens (including phenoxy) is 1. The van der Waals surface area contributed by atoms with Crippen molar-refractivity contribution in [2.24, 2.45) is 0 Å². The Balaban J connectivity index is 0.00000128. The van der Waals surface area contributed by atoms with Crippen LogP contribution in [0.15, 0.2) is 48.5 Å². The Hall–Kier alpha value is -0.224. The van der Waals surface area contributed by atoms with Gasteiger partial charge < -0.3 is 21.7 Å². The number of rotatable bonds is 3. The van der Waals surface area contributed by atoms with Crippen LogP contribution in [0, 0.1) is 6.07 Å². The maximum atomic E-state index is 5.84. The molecule has 0 fully saturated rings. The van der Waals surface area contributed by atoms with Crippen LogP contribution in [0.5, 0.6) is 5.75 Å². The average Bonchev–Trinajstić information content (AvgIpc) is 2.28. The van der Waals surface area contributed by atoms with Gasteiger partial charge in [-0.15, -0.1) is 5.56 Å². The predicted molar refractivity (Wildman–Crippen MR) is 66.8 cm³/mol. The summed E-state index contributed by atoms with van der Waals surface area (Å²) in [7, 11) is 0. The molecule has 0 bridgehead atoms. The van der Waals surface area contributed by atoms with Gasteiger partial charge in [-0.05, 0) is 18.2 Å². The van der Waals surface area contributed by atoms with Gasteiger partial charge in [0.2, 0.25) is 0 Å². The zero-order chi connectivity index (χ0) is 10.5. The smallest absolute Gasteiger partial charge is 1.00 e. The van der Waals surface area contributed by atoms with Crippen LogP contribution in [0.25, 0.3) is 0 Å². The van der Waals surface area contributed by atoms with Crippen molar-refractivity contribution in [2.75, 3.05) is 0 Å². The van der Waals surface area contributed by atoms with Crippen molar-refractivity contribution in [3.63, 3.8) is 0 Å². The van der Waals surface area contributed by atoms with Crippen LogP contribution in [0.4, 0.5) is 0 Å². The standard InChI is InChI=1S/C13H10ClO.BrH.Mg/c14-12-7-4-8-13(9-12)15-10-11-5-2-1-3-6-11;;/h2-9H,10H2;1H;/q-1;;+2/p-1. The van der Waals surface area contributed by atoms with Gasteiger partial charge in [-0.1, -0.05) is 17.7 Å². The molecule has 0 aliphatic rings. The van der Waals surface area contributed by atoms with Gasteiger partial charge in [0.1, 0.15) is 5.75 Å². The van der Waals surface area contributed by atoms with Crippen molar-refractivity contribution >= 4 is 34.7 Å². The maximum absolute atomic E-state index is 5.84. The maximum Gasteiger partial charge on any atom is 2.00 e. The van der Waals surface area contributed by atoms with E-state index in [1.54, 1.807) is 6.07 Å². The second kappa shape index (κ2) is 8.81. The van der Waals surface area contributed by atoms with Crippen LogP contribution in [0.2, 0.25) is 5.02 Å². The average molecular weight is 322 g/mol. The van der Waals surface area contributed by atoms with E-state index in [1.165, 1.54) is 0 Å². The number of hydrogen-bond donors (Lipinski definition) is 0.